The summed E-state index contributed by atoms with van der Waals surface area (Å²) in [5, 5.41) is 20.5. The number of nitriles is 1. The molecular formula is C10H20N2O. The van der Waals surface area contributed by atoms with Gasteiger partial charge >= 0.3 is 0 Å². The van der Waals surface area contributed by atoms with Crippen LogP contribution in [0.15, 0.2) is 0 Å². The lowest BCUT2D eigenvalue weighted by Gasteiger charge is -2.25. The zero-order valence-corrected chi connectivity index (χ0v) is 8.80. The van der Waals surface area contributed by atoms with Gasteiger partial charge in [0.1, 0.15) is 0 Å². The fourth-order valence-corrected chi connectivity index (χ4v) is 1.05. The molecule has 0 aromatic heterocycles. The van der Waals surface area contributed by atoms with Crippen LogP contribution in [-0.2, 0) is 0 Å². The van der Waals surface area contributed by atoms with E-state index in [0.717, 1.165) is 13.0 Å². The Kier molecular flexibility index (Phi) is 5.68. The molecule has 0 fully saturated rings. The molecule has 1 unspecified atom stereocenters. The smallest absolute Gasteiger partial charge is 0.0638 e. The van der Waals surface area contributed by atoms with Gasteiger partial charge < -0.3 is 10.4 Å². The van der Waals surface area contributed by atoms with Crippen LogP contribution < -0.4 is 5.32 Å². The minimum atomic E-state index is 0.110. The first kappa shape index (κ1) is 12.4. The summed E-state index contributed by atoms with van der Waals surface area (Å²) in [6.07, 6.45) is 1.33. The van der Waals surface area contributed by atoms with Crippen LogP contribution in [-0.4, -0.2) is 24.3 Å². The van der Waals surface area contributed by atoms with Crippen molar-refractivity contribution in [2.45, 2.75) is 39.7 Å². The van der Waals surface area contributed by atoms with Crippen LogP contribution in [0.25, 0.3) is 0 Å². The predicted octanol–water partition coefficient (Wildman–Crippen LogP) is 1.29. The Hall–Kier alpha value is -0.590. The van der Waals surface area contributed by atoms with Gasteiger partial charge in [0.2, 0.25) is 0 Å². The van der Waals surface area contributed by atoms with Crippen LogP contribution in [0.4, 0.5) is 0 Å². The van der Waals surface area contributed by atoms with E-state index in [1.807, 2.05) is 6.92 Å². The fourth-order valence-electron chi connectivity index (χ4n) is 1.05. The van der Waals surface area contributed by atoms with Gasteiger partial charge in [-0.25, -0.2) is 0 Å². The van der Waals surface area contributed by atoms with Crippen LogP contribution in [0.2, 0.25) is 0 Å². The zero-order valence-electron chi connectivity index (χ0n) is 8.80. The molecule has 0 spiro atoms. The summed E-state index contributed by atoms with van der Waals surface area (Å²) < 4.78 is 0. The van der Waals surface area contributed by atoms with Crippen molar-refractivity contribution in [3.8, 4) is 6.07 Å². The van der Waals surface area contributed by atoms with Crippen molar-refractivity contribution < 1.29 is 5.11 Å². The van der Waals surface area contributed by atoms with Gasteiger partial charge in [0, 0.05) is 19.2 Å². The van der Waals surface area contributed by atoms with Crippen molar-refractivity contribution in [1.82, 2.24) is 5.32 Å². The molecule has 0 aliphatic carbocycles. The van der Waals surface area contributed by atoms with Gasteiger partial charge in [0.15, 0.2) is 0 Å². The van der Waals surface area contributed by atoms with Crippen LogP contribution in [0, 0.1) is 16.7 Å². The lowest BCUT2D eigenvalue weighted by molar-refractivity contribution is 0.204. The lowest BCUT2D eigenvalue weighted by Crippen LogP contribution is -2.35. The Morgan fingerprint density at radius 2 is 2.15 bits per heavy atom. The molecule has 0 aliphatic rings. The summed E-state index contributed by atoms with van der Waals surface area (Å²) in [4.78, 5) is 0. The summed E-state index contributed by atoms with van der Waals surface area (Å²) in [6, 6.07) is 2.36. The van der Waals surface area contributed by atoms with Crippen LogP contribution in [0.5, 0.6) is 0 Å². The van der Waals surface area contributed by atoms with Gasteiger partial charge in [0.05, 0.1) is 12.5 Å². The molecule has 0 aromatic carbocycles. The largest absolute Gasteiger partial charge is 0.396 e. The highest BCUT2D eigenvalue weighted by molar-refractivity contribution is 4.80. The predicted molar refractivity (Wildman–Crippen MR) is 53.2 cm³/mol. The highest BCUT2D eigenvalue weighted by Crippen LogP contribution is 2.18. The molecule has 0 saturated carbocycles. The van der Waals surface area contributed by atoms with E-state index in [2.05, 4.69) is 25.2 Å². The minimum absolute atomic E-state index is 0.110. The van der Waals surface area contributed by atoms with E-state index in [4.69, 9.17) is 10.4 Å². The first-order chi connectivity index (χ1) is 6.02. The number of aliphatic hydroxyl groups excluding tert-OH is 1. The van der Waals surface area contributed by atoms with Crippen LogP contribution in [0.3, 0.4) is 0 Å². The quantitative estimate of drug-likeness (QED) is 0.654. The van der Waals surface area contributed by atoms with Gasteiger partial charge in [-0.3, -0.25) is 0 Å². The van der Waals surface area contributed by atoms with Crippen molar-refractivity contribution in [3.05, 3.63) is 0 Å². The first-order valence-corrected chi connectivity index (χ1v) is 4.73. The van der Waals surface area contributed by atoms with Gasteiger partial charge in [-0.05, 0) is 18.8 Å². The van der Waals surface area contributed by atoms with Crippen molar-refractivity contribution in [3.63, 3.8) is 0 Å². The number of hydrogen-bond acceptors (Lipinski definition) is 3. The maximum absolute atomic E-state index is 8.79. The second-order valence-electron chi connectivity index (χ2n) is 4.28. The molecule has 1 atom stereocenters. The highest BCUT2D eigenvalue weighted by atomic mass is 16.3. The Balaban J connectivity index is 3.68. The Bertz CT molecular complexity index is 172. The summed E-state index contributed by atoms with van der Waals surface area (Å²) in [6.45, 7) is 7.28. The van der Waals surface area contributed by atoms with Crippen LogP contribution in [0.1, 0.15) is 33.6 Å². The van der Waals surface area contributed by atoms with E-state index in [0.29, 0.717) is 6.42 Å². The molecule has 0 bridgehead atoms. The average molecular weight is 184 g/mol. The van der Waals surface area contributed by atoms with E-state index in [-0.39, 0.29) is 18.1 Å². The minimum Gasteiger partial charge on any atom is -0.396 e. The molecular weight excluding hydrogens is 164 g/mol. The third kappa shape index (κ3) is 6.56. The molecule has 0 amide bonds. The third-order valence-electron chi connectivity index (χ3n) is 2.12. The van der Waals surface area contributed by atoms with E-state index in [1.54, 1.807) is 0 Å². The van der Waals surface area contributed by atoms with Gasteiger partial charge in [-0.1, -0.05) is 13.8 Å². The maximum Gasteiger partial charge on any atom is 0.0638 e. The second kappa shape index (κ2) is 5.95. The molecule has 0 rings (SSSR count). The van der Waals surface area contributed by atoms with Gasteiger partial charge in [-0.15, -0.1) is 0 Å². The highest BCUT2D eigenvalue weighted by Gasteiger charge is 2.17. The standard InChI is InChI=1S/C10H20N2O/c1-9(4-6-11)12-8-10(2,3)5-7-13/h9,12-13H,4-5,7-8H2,1-3H3. The molecule has 13 heavy (non-hydrogen) atoms. The summed E-state index contributed by atoms with van der Waals surface area (Å²) >= 11 is 0. The summed E-state index contributed by atoms with van der Waals surface area (Å²) in [5.74, 6) is 0. The molecule has 2 N–H and O–H groups in total. The molecule has 0 radical (unpaired) electrons. The maximum atomic E-state index is 8.79. The summed E-state index contributed by atoms with van der Waals surface area (Å²) in [5.41, 5.74) is 0.110. The number of nitrogens with one attached hydrogen (secondary N) is 1. The van der Waals surface area contributed by atoms with Gasteiger partial charge in [0.25, 0.3) is 0 Å². The SMILES string of the molecule is CC(CC#N)NCC(C)(C)CCO. The Labute approximate surface area is 80.8 Å². The van der Waals surface area contributed by atoms with Crippen molar-refractivity contribution >= 4 is 0 Å². The van der Waals surface area contributed by atoms with E-state index >= 15 is 0 Å². The number of rotatable bonds is 6. The molecule has 0 heterocycles. The molecule has 3 nitrogen and oxygen atoms in total. The topological polar surface area (TPSA) is 56.0 Å². The summed E-state index contributed by atoms with van der Waals surface area (Å²) in [7, 11) is 0. The third-order valence-corrected chi connectivity index (χ3v) is 2.12. The van der Waals surface area contributed by atoms with E-state index in [9.17, 15) is 0 Å². The Morgan fingerprint density at radius 1 is 1.54 bits per heavy atom. The molecule has 76 valence electrons. The normalized spacial score (nSPS) is 13.8. The molecule has 0 aromatic rings. The van der Waals surface area contributed by atoms with Crippen molar-refractivity contribution in [2.75, 3.05) is 13.2 Å². The molecule has 0 aliphatic heterocycles. The van der Waals surface area contributed by atoms with E-state index in [1.165, 1.54) is 0 Å². The first-order valence-electron chi connectivity index (χ1n) is 4.73. The second-order valence-corrected chi connectivity index (χ2v) is 4.28. The fraction of sp³-hybridized carbons (Fsp3) is 0.900. The monoisotopic (exact) mass is 184 g/mol. The van der Waals surface area contributed by atoms with Gasteiger partial charge in [-0.2, -0.15) is 5.26 Å². The van der Waals surface area contributed by atoms with Crippen LogP contribution >= 0.6 is 0 Å². The number of hydrogen-bond donors (Lipinski definition) is 2. The zero-order chi connectivity index (χ0) is 10.3. The molecule has 0 saturated heterocycles. The lowest BCUT2D eigenvalue weighted by atomic mass is 9.89. The average Bonchev–Trinajstić information content (AvgIpc) is 2.02. The van der Waals surface area contributed by atoms with Crippen molar-refractivity contribution in [2.24, 2.45) is 5.41 Å². The number of aliphatic hydroxyl groups is 1. The van der Waals surface area contributed by atoms with E-state index < -0.39 is 0 Å². The molecule has 3 heteroatoms. The Morgan fingerprint density at radius 3 is 2.62 bits per heavy atom. The van der Waals surface area contributed by atoms with Crippen molar-refractivity contribution in [1.29, 1.82) is 5.26 Å². The number of nitrogens with zero attached hydrogens (tertiary/aromatic N) is 1.